The Kier molecular flexibility index (Phi) is 5.32. The number of aliphatic hydroxyl groups is 2. The fourth-order valence-corrected chi connectivity index (χ4v) is 2.59. The van der Waals surface area contributed by atoms with Gasteiger partial charge < -0.3 is 10.2 Å². The van der Waals surface area contributed by atoms with Gasteiger partial charge in [0.25, 0.3) is 0 Å². The SMILES string of the molecule is CC(C)(C)c1ccc(C(O)N2CCN(CCO)CC2)cn1. The molecule has 5 heteroatoms. The molecule has 5 nitrogen and oxygen atoms in total. The summed E-state index contributed by atoms with van der Waals surface area (Å²) in [5, 5.41) is 19.4. The Morgan fingerprint density at radius 2 is 1.86 bits per heavy atom. The van der Waals surface area contributed by atoms with Crippen LogP contribution in [0.3, 0.4) is 0 Å². The summed E-state index contributed by atoms with van der Waals surface area (Å²) < 4.78 is 0. The van der Waals surface area contributed by atoms with E-state index >= 15 is 0 Å². The highest BCUT2D eigenvalue weighted by molar-refractivity contribution is 5.20. The Morgan fingerprint density at radius 3 is 2.33 bits per heavy atom. The van der Waals surface area contributed by atoms with Crippen LogP contribution >= 0.6 is 0 Å². The normalized spacial score (nSPS) is 19.7. The van der Waals surface area contributed by atoms with Crippen molar-refractivity contribution in [1.82, 2.24) is 14.8 Å². The third kappa shape index (κ3) is 4.23. The fraction of sp³-hybridized carbons (Fsp3) is 0.688. The highest BCUT2D eigenvalue weighted by Crippen LogP contribution is 2.23. The number of pyridine rings is 1. The highest BCUT2D eigenvalue weighted by Gasteiger charge is 2.24. The van der Waals surface area contributed by atoms with E-state index in [1.54, 1.807) is 6.20 Å². The number of nitrogens with zero attached hydrogens (tertiary/aromatic N) is 3. The first-order valence-electron chi connectivity index (χ1n) is 7.63. The summed E-state index contributed by atoms with van der Waals surface area (Å²) in [5.74, 6) is 0. The molecule has 1 fully saturated rings. The lowest BCUT2D eigenvalue weighted by Crippen LogP contribution is -2.48. The van der Waals surface area contributed by atoms with Gasteiger partial charge in [-0.1, -0.05) is 26.8 Å². The minimum atomic E-state index is -0.595. The minimum absolute atomic E-state index is 0.0272. The standard InChI is InChI=1S/C16H27N3O2/c1-16(2,3)14-5-4-13(12-17-14)15(21)19-8-6-18(7-9-19)10-11-20/h4-5,12,15,20-21H,6-11H2,1-3H3. The summed E-state index contributed by atoms with van der Waals surface area (Å²) in [4.78, 5) is 8.75. The van der Waals surface area contributed by atoms with Gasteiger partial charge in [0, 0.05) is 55.6 Å². The maximum atomic E-state index is 10.5. The van der Waals surface area contributed by atoms with Crippen LogP contribution in [0.2, 0.25) is 0 Å². The van der Waals surface area contributed by atoms with Crippen molar-refractivity contribution in [2.75, 3.05) is 39.3 Å². The van der Waals surface area contributed by atoms with E-state index in [1.165, 1.54) is 0 Å². The first-order valence-corrected chi connectivity index (χ1v) is 7.63. The zero-order valence-electron chi connectivity index (χ0n) is 13.3. The van der Waals surface area contributed by atoms with Crippen molar-refractivity contribution in [1.29, 1.82) is 0 Å². The topological polar surface area (TPSA) is 59.8 Å². The third-order valence-electron chi connectivity index (χ3n) is 4.02. The van der Waals surface area contributed by atoms with Crippen LogP contribution in [0.1, 0.15) is 38.3 Å². The van der Waals surface area contributed by atoms with Crippen LogP contribution in [0, 0.1) is 0 Å². The number of hydrogen-bond acceptors (Lipinski definition) is 5. The number of piperazine rings is 1. The molecule has 1 aromatic heterocycles. The van der Waals surface area contributed by atoms with Gasteiger partial charge in [-0.25, -0.2) is 0 Å². The van der Waals surface area contributed by atoms with Crippen LogP contribution in [-0.2, 0) is 5.41 Å². The average Bonchev–Trinajstić information content (AvgIpc) is 2.47. The summed E-state index contributed by atoms with van der Waals surface area (Å²) in [7, 11) is 0. The molecule has 1 saturated heterocycles. The molecule has 118 valence electrons. The summed E-state index contributed by atoms with van der Waals surface area (Å²) in [5.41, 5.74) is 1.91. The maximum Gasteiger partial charge on any atom is 0.135 e. The van der Waals surface area contributed by atoms with Gasteiger partial charge in [-0.3, -0.25) is 14.8 Å². The molecule has 1 unspecified atom stereocenters. The van der Waals surface area contributed by atoms with Crippen LogP contribution in [0.5, 0.6) is 0 Å². The molecule has 1 aliphatic rings. The van der Waals surface area contributed by atoms with Gasteiger partial charge >= 0.3 is 0 Å². The van der Waals surface area contributed by atoms with Crippen LogP contribution in [-0.4, -0.2) is 64.3 Å². The molecule has 0 amide bonds. The monoisotopic (exact) mass is 293 g/mol. The molecule has 0 spiro atoms. The lowest BCUT2D eigenvalue weighted by Gasteiger charge is -2.37. The Hall–Kier alpha value is -1.01. The Morgan fingerprint density at radius 1 is 1.19 bits per heavy atom. The van der Waals surface area contributed by atoms with E-state index < -0.39 is 6.23 Å². The lowest BCUT2D eigenvalue weighted by atomic mass is 9.91. The highest BCUT2D eigenvalue weighted by atomic mass is 16.3. The molecule has 0 saturated carbocycles. The average molecular weight is 293 g/mol. The maximum absolute atomic E-state index is 10.5. The van der Waals surface area contributed by atoms with Gasteiger partial charge in [0.05, 0.1) is 6.61 Å². The van der Waals surface area contributed by atoms with Crippen molar-refractivity contribution < 1.29 is 10.2 Å². The quantitative estimate of drug-likeness (QED) is 0.866. The summed E-state index contributed by atoms with van der Waals surface area (Å²) in [6.45, 7) is 10.7. The number of aromatic nitrogens is 1. The fourth-order valence-electron chi connectivity index (χ4n) is 2.59. The van der Waals surface area contributed by atoms with Crippen molar-refractivity contribution in [2.24, 2.45) is 0 Å². The molecule has 0 aromatic carbocycles. The van der Waals surface area contributed by atoms with Gasteiger partial charge in [0.1, 0.15) is 6.23 Å². The first-order chi connectivity index (χ1) is 9.91. The predicted molar refractivity (Wildman–Crippen MR) is 83.0 cm³/mol. The molecular weight excluding hydrogens is 266 g/mol. The molecule has 0 radical (unpaired) electrons. The Bertz CT molecular complexity index is 434. The van der Waals surface area contributed by atoms with Crippen molar-refractivity contribution in [2.45, 2.75) is 32.4 Å². The van der Waals surface area contributed by atoms with Gasteiger partial charge in [-0.05, 0) is 6.07 Å². The second-order valence-corrected chi connectivity index (χ2v) is 6.70. The molecule has 2 rings (SSSR count). The van der Waals surface area contributed by atoms with Crippen molar-refractivity contribution >= 4 is 0 Å². The third-order valence-corrected chi connectivity index (χ3v) is 4.02. The molecule has 0 aliphatic carbocycles. The lowest BCUT2D eigenvalue weighted by molar-refractivity contribution is -0.0292. The second kappa shape index (κ2) is 6.83. The molecule has 2 N–H and O–H groups in total. The van der Waals surface area contributed by atoms with Crippen molar-refractivity contribution in [3.05, 3.63) is 29.6 Å². The molecule has 1 aliphatic heterocycles. The van der Waals surface area contributed by atoms with E-state index in [0.29, 0.717) is 6.54 Å². The van der Waals surface area contributed by atoms with Gasteiger partial charge in [0.2, 0.25) is 0 Å². The van der Waals surface area contributed by atoms with Gasteiger partial charge in [-0.2, -0.15) is 0 Å². The van der Waals surface area contributed by atoms with Crippen LogP contribution in [0.15, 0.2) is 18.3 Å². The number of β-amino-alcohol motifs (C(OH)–C–C–N with tert-alkyl or cyclic N) is 1. The Labute approximate surface area is 127 Å². The second-order valence-electron chi connectivity index (χ2n) is 6.70. The molecule has 0 bridgehead atoms. The number of aliphatic hydroxyl groups excluding tert-OH is 2. The van der Waals surface area contributed by atoms with E-state index in [0.717, 1.165) is 37.4 Å². The van der Waals surface area contributed by atoms with Crippen LogP contribution in [0.4, 0.5) is 0 Å². The van der Waals surface area contributed by atoms with Gasteiger partial charge in [-0.15, -0.1) is 0 Å². The zero-order valence-corrected chi connectivity index (χ0v) is 13.3. The molecule has 1 aromatic rings. The number of hydrogen-bond donors (Lipinski definition) is 2. The van der Waals surface area contributed by atoms with E-state index in [2.05, 4.69) is 35.6 Å². The molecule has 2 heterocycles. The molecule has 21 heavy (non-hydrogen) atoms. The first kappa shape index (κ1) is 16.4. The number of rotatable bonds is 4. The van der Waals surface area contributed by atoms with Crippen molar-refractivity contribution in [3.63, 3.8) is 0 Å². The van der Waals surface area contributed by atoms with Crippen LogP contribution < -0.4 is 0 Å². The van der Waals surface area contributed by atoms with E-state index in [1.807, 2.05) is 12.1 Å². The Balaban J connectivity index is 1.96. The summed E-state index contributed by atoms with van der Waals surface area (Å²) >= 11 is 0. The zero-order chi connectivity index (χ0) is 15.5. The van der Waals surface area contributed by atoms with E-state index in [-0.39, 0.29) is 12.0 Å². The summed E-state index contributed by atoms with van der Waals surface area (Å²) in [6.07, 6.45) is 1.19. The molecule has 1 atom stereocenters. The van der Waals surface area contributed by atoms with Crippen molar-refractivity contribution in [3.8, 4) is 0 Å². The minimum Gasteiger partial charge on any atom is -0.395 e. The van der Waals surface area contributed by atoms with Crippen LogP contribution in [0.25, 0.3) is 0 Å². The van der Waals surface area contributed by atoms with Gasteiger partial charge in [0.15, 0.2) is 0 Å². The largest absolute Gasteiger partial charge is 0.395 e. The van der Waals surface area contributed by atoms with E-state index in [4.69, 9.17) is 5.11 Å². The predicted octanol–water partition coefficient (Wildman–Crippen LogP) is 0.980. The smallest absolute Gasteiger partial charge is 0.135 e. The van der Waals surface area contributed by atoms with E-state index in [9.17, 15) is 5.11 Å². The molecular formula is C16H27N3O2. The summed E-state index contributed by atoms with van der Waals surface area (Å²) in [6, 6.07) is 3.97.